The van der Waals surface area contributed by atoms with Crippen LogP contribution in [0.25, 0.3) is 10.1 Å². The topological polar surface area (TPSA) is 60.4 Å². The van der Waals surface area contributed by atoms with Crippen LogP contribution < -0.4 is 5.43 Å². The van der Waals surface area contributed by atoms with Crippen LogP contribution in [0.15, 0.2) is 59.4 Å². The molecular weight excluding hydrogens is 348 g/mol. The van der Waals surface area contributed by atoms with E-state index in [-0.39, 0.29) is 16.2 Å². The number of rotatable bonds is 3. The van der Waals surface area contributed by atoms with Crippen molar-refractivity contribution in [2.45, 2.75) is 26.4 Å². The molecule has 2 aromatic carbocycles. The smallest absolute Gasteiger partial charge is 0.344 e. The van der Waals surface area contributed by atoms with Crippen molar-refractivity contribution in [3.63, 3.8) is 0 Å². The van der Waals surface area contributed by atoms with E-state index >= 15 is 0 Å². The lowest BCUT2D eigenvalue weighted by molar-refractivity contribution is 0.00672. The fraction of sp³-hybridized carbons (Fsp3) is 0.190. The van der Waals surface area contributed by atoms with Crippen molar-refractivity contribution in [2.75, 3.05) is 0 Å². The van der Waals surface area contributed by atoms with Gasteiger partial charge in [0.15, 0.2) is 0 Å². The summed E-state index contributed by atoms with van der Waals surface area (Å²) < 4.78 is 6.05. The molecule has 0 fully saturated rings. The third-order valence-corrected chi connectivity index (χ3v) is 4.81. The SMILES string of the molecule is CC(C)(C)OC(=O)c1c(C(=O)c2ccccc2)sc2ccccc2c1=O. The number of carbonyl (C=O) groups excluding carboxylic acids is 2. The summed E-state index contributed by atoms with van der Waals surface area (Å²) in [6.07, 6.45) is 0. The minimum Gasteiger partial charge on any atom is -0.456 e. The van der Waals surface area contributed by atoms with Crippen molar-refractivity contribution in [3.8, 4) is 0 Å². The quantitative estimate of drug-likeness (QED) is 0.508. The van der Waals surface area contributed by atoms with E-state index < -0.39 is 17.0 Å². The van der Waals surface area contributed by atoms with Gasteiger partial charge in [-0.3, -0.25) is 9.59 Å². The third-order valence-electron chi connectivity index (χ3n) is 3.64. The number of hydrogen-bond acceptors (Lipinski definition) is 5. The molecule has 5 heteroatoms. The van der Waals surface area contributed by atoms with Crippen molar-refractivity contribution in [1.82, 2.24) is 0 Å². The van der Waals surface area contributed by atoms with E-state index in [9.17, 15) is 14.4 Å². The van der Waals surface area contributed by atoms with E-state index in [1.165, 1.54) is 0 Å². The number of carbonyl (C=O) groups is 2. The third kappa shape index (κ3) is 3.58. The highest BCUT2D eigenvalue weighted by Crippen LogP contribution is 2.26. The first-order valence-corrected chi connectivity index (χ1v) is 8.98. The van der Waals surface area contributed by atoms with Gasteiger partial charge in [0.25, 0.3) is 0 Å². The molecule has 0 unspecified atom stereocenters. The van der Waals surface area contributed by atoms with Crippen molar-refractivity contribution in [2.24, 2.45) is 0 Å². The zero-order chi connectivity index (χ0) is 18.9. The number of ether oxygens (including phenoxy) is 1. The average molecular weight is 366 g/mol. The minimum absolute atomic E-state index is 0.106. The second-order valence-electron chi connectivity index (χ2n) is 6.83. The lowest BCUT2D eigenvalue weighted by Crippen LogP contribution is -2.29. The van der Waals surface area contributed by atoms with Crippen molar-refractivity contribution in [1.29, 1.82) is 0 Å². The Labute approximate surface area is 155 Å². The summed E-state index contributed by atoms with van der Waals surface area (Å²) in [4.78, 5) is 38.8. The summed E-state index contributed by atoms with van der Waals surface area (Å²) in [7, 11) is 0. The standard InChI is InChI=1S/C21H18O4S/c1-21(2,3)25-20(24)16-18(23)14-11-7-8-12-15(14)26-19(16)17(22)13-9-5-4-6-10-13/h4-12H,1-3H3. The predicted molar refractivity (Wildman–Crippen MR) is 103 cm³/mol. The van der Waals surface area contributed by atoms with Crippen LogP contribution in [0.4, 0.5) is 0 Å². The van der Waals surface area contributed by atoms with Gasteiger partial charge in [-0.25, -0.2) is 4.79 Å². The molecule has 1 aromatic heterocycles. The molecule has 0 aliphatic rings. The van der Waals surface area contributed by atoms with Gasteiger partial charge in [-0.05, 0) is 32.9 Å². The van der Waals surface area contributed by atoms with Gasteiger partial charge in [0.1, 0.15) is 11.2 Å². The summed E-state index contributed by atoms with van der Waals surface area (Å²) in [5.74, 6) is -1.14. The zero-order valence-electron chi connectivity index (χ0n) is 14.7. The van der Waals surface area contributed by atoms with E-state index in [4.69, 9.17) is 4.74 Å². The molecule has 0 atom stereocenters. The molecule has 26 heavy (non-hydrogen) atoms. The van der Waals surface area contributed by atoms with Gasteiger partial charge in [0.05, 0.1) is 4.88 Å². The number of hydrogen-bond donors (Lipinski definition) is 0. The van der Waals surface area contributed by atoms with Crippen LogP contribution in [0.1, 0.15) is 46.4 Å². The largest absolute Gasteiger partial charge is 0.456 e. The molecule has 3 aromatic rings. The molecule has 0 aliphatic heterocycles. The lowest BCUT2D eigenvalue weighted by atomic mass is 10.0. The zero-order valence-corrected chi connectivity index (χ0v) is 15.6. The first-order chi connectivity index (χ1) is 12.3. The molecule has 0 saturated carbocycles. The van der Waals surface area contributed by atoms with E-state index in [0.717, 1.165) is 11.3 Å². The molecule has 0 bridgehead atoms. The van der Waals surface area contributed by atoms with Crippen molar-refractivity contribution < 1.29 is 14.3 Å². The van der Waals surface area contributed by atoms with Crippen LogP contribution in [0, 0.1) is 0 Å². The Kier molecular flexibility index (Phi) is 4.74. The molecule has 0 N–H and O–H groups in total. The molecule has 0 spiro atoms. The van der Waals surface area contributed by atoms with E-state index in [1.54, 1.807) is 75.4 Å². The van der Waals surface area contributed by atoms with Crippen molar-refractivity contribution >= 4 is 33.2 Å². The molecule has 3 rings (SSSR count). The van der Waals surface area contributed by atoms with Crippen LogP contribution >= 0.6 is 11.3 Å². The normalized spacial score (nSPS) is 11.3. The maximum atomic E-state index is 13.0. The summed E-state index contributed by atoms with van der Waals surface area (Å²) in [5.41, 5.74) is -1.03. The Hall–Kier alpha value is -2.79. The van der Waals surface area contributed by atoms with Gasteiger partial charge in [0, 0.05) is 15.6 Å². The average Bonchev–Trinajstić information content (AvgIpc) is 2.60. The molecule has 0 aliphatic carbocycles. The molecule has 0 amide bonds. The number of ketones is 1. The number of esters is 1. The Balaban J connectivity index is 2.26. The molecule has 0 saturated heterocycles. The highest BCUT2D eigenvalue weighted by molar-refractivity contribution is 7.20. The Morgan fingerprint density at radius 1 is 0.923 bits per heavy atom. The van der Waals surface area contributed by atoms with Crippen LogP contribution in [-0.2, 0) is 4.74 Å². The number of benzene rings is 2. The summed E-state index contributed by atoms with van der Waals surface area (Å²) >= 11 is 1.13. The summed E-state index contributed by atoms with van der Waals surface area (Å²) in [6, 6.07) is 15.5. The molecular formula is C21H18O4S. The van der Waals surface area contributed by atoms with Gasteiger partial charge in [-0.1, -0.05) is 42.5 Å². The second kappa shape index (κ2) is 6.84. The fourth-order valence-electron chi connectivity index (χ4n) is 2.54. The van der Waals surface area contributed by atoms with Crippen LogP contribution in [0.3, 0.4) is 0 Å². The Morgan fingerprint density at radius 2 is 1.54 bits per heavy atom. The lowest BCUT2D eigenvalue weighted by Gasteiger charge is -2.20. The van der Waals surface area contributed by atoms with Crippen LogP contribution in [0.2, 0.25) is 0 Å². The first kappa shape index (κ1) is 18.0. The van der Waals surface area contributed by atoms with Gasteiger partial charge in [-0.2, -0.15) is 0 Å². The molecule has 4 nitrogen and oxygen atoms in total. The molecule has 0 radical (unpaired) electrons. The highest BCUT2D eigenvalue weighted by Gasteiger charge is 2.28. The second-order valence-corrected chi connectivity index (χ2v) is 7.88. The Bertz CT molecular complexity index is 1040. The minimum atomic E-state index is -0.774. The summed E-state index contributed by atoms with van der Waals surface area (Å²) in [5, 5.41) is 0.406. The van der Waals surface area contributed by atoms with Crippen LogP contribution in [0.5, 0.6) is 0 Å². The number of fused-ring (bicyclic) bond motifs is 1. The van der Waals surface area contributed by atoms with E-state index in [0.29, 0.717) is 15.6 Å². The van der Waals surface area contributed by atoms with Gasteiger partial charge in [0.2, 0.25) is 11.2 Å². The molecule has 1 heterocycles. The maximum absolute atomic E-state index is 13.0. The van der Waals surface area contributed by atoms with Gasteiger partial charge in [-0.15, -0.1) is 11.3 Å². The molecule has 132 valence electrons. The van der Waals surface area contributed by atoms with E-state index in [1.807, 2.05) is 0 Å². The highest BCUT2D eigenvalue weighted by atomic mass is 32.1. The monoisotopic (exact) mass is 366 g/mol. The fourth-order valence-corrected chi connectivity index (χ4v) is 3.66. The van der Waals surface area contributed by atoms with Crippen LogP contribution in [-0.4, -0.2) is 17.4 Å². The van der Waals surface area contributed by atoms with E-state index in [2.05, 4.69) is 0 Å². The predicted octanol–water partition coefficient (Wildman–Crippen LogP) is 4.45. The van der Waals surface area contributed by atoms with Gasteiger partial charge >= 0.3 is 5.97 Å². The van der Waals surface area contributed by atoms with Gasteiger partial charge < -0.3 is 4.74 Å². The van der Waals surface area contributed by atoms with Crippen molar-refractivity contribution in [3.05, 3.63) is 80.8 Å². The maximum Gasteiger partial charge on any atom is 0.344 e. The Morgan fingerprint density at radius 3 is 2.19 bits per heavy atom. The summed E-state index contributed by atoms with van der Waals surface area (Å²) in [6.45, 7) is 5.16. The first-order valence-electron chi connectivity index (χ1n) is 8.17.